The van der Waals surface area contributed by atoms with Crippen LogP contribution in [0.15, 0.2) is 24.3 Å². The molecule has 1 aliphatic carbocycles. The lowest BCUT2D eigenvalue weighted by atomic mass is 10.0. The Labute approximate surface area is 139 Å². The Hall–Kier alpha value is -1.11. The molecule has 2 fully saturated rings. The fourth-order valence-electron chi connectivity index (χ4n) is 3.32. The molecule has 1 aromatic carbocycles. The summed E-state index contributed by atoms with van der Waals surface area (Å²) in [5.74, 6) is 0.890. The van der Waals surface area contributed by atoms with Crippen molar-refractivity contribution in [2.75, 3.05) is 20.2 Å². The average Bonchev–Trinajstić information content (AvgIpc) is 3.40. The number of nitrogens with zero attached hydrogens (tertiary/aromatic N) is 1. The van der Waals surface area contributed by atoms with Gasteiger partial charge < -0.3 is 10.1 Å². The smallest absolute Gasteiger partial charge is 0.216 e. The molecule has 0 aromatic heterocycles. The van der Waals surface area contributed by atoms with Gasteiger partial charge in [0.25, 0.3) is 0 Å². The Morgan fingerprint density at radius 3 is 2.43 bits per heavy atom. The SMILES string of the molecule is COc1ccccc1C(C)NC1CCN(S(=O)(=O)C2CC2)CC1. The minimum Gasteiger partial charge on any atom is -0.496 e. The summed E-state index contributed by atoms with van der Waals surface area (Å²) in [6.07, 6.45) is 3.41. The van der Waals surface area contributed by atoms with Crippen LogP contribution < -0.4 is 10.1 Å². The van der Waals surface area contributed by atoms with Gasteiger partial charge in [-0.25, -0.2) is 12.7 Å². The van der Waals surface area contributed by atoms with Crippen molar-refractivity contribution >= 4 is 10.0 Å². The first kappa shape index (κ1) is 16.7. The molecule has 1 heterocycles. The van der Waals surface area contributed by atoms with Crippen molar-refractivity contribution in [2.24, 2.45) is 0 Å². The summed E-state index contributed by atoms with van der Waals surface area (Å²) in [6, 6.07) is 8.56. The predicted molar refractivity (Wildman–Crippen MR) is 91.1 cm³/mol. The maximum Gasteiger partial charge on any atom is 0.216 e. The van der Waals surface area contributed by atoms with Crippen LogP contribution in [0, 0.1) is 0 Å². The molecule has 1 unspecified atom stereocenters. The zero-order chi connectivity index (χ0) is 16.4. The topological polar surface area (TPSA) is 58.6 Å². The highest BCUT2D eigenvalue weighted by Gasteiger charge is 2.41. The van der Waals surface area contributed by atoms with E-state index in [0.717, 1.165) is 37.0 Å². The molecule has 0 spiro atoms. The molecule has 3 rings (SSSR count). The van der Waals surface area contributed by atoms with Gasteiger partial charge in [0.2, 0.25) is 10.0 Å². The Balaban J connectivity index is 1.56. The lowest BCUT2D eigenvalue weighted by Gasteiger charge is -2.33. The molecule has 1 atom stereocenters. The number of benzene rings is 1. The minimum absolute atomic E-state index is 0.0977. The van der Waals surface area contributed by atoms with Crippen molar-refractivity contribution in [3.8, 4) is 5.75 Å². The lowest BCUT2D eigenvalue weighted by molar-refractivity contribution is 0.275. The van der Waals surface area contributed by atoms with E-state index < -0.39 is 10.0 Å². The molecule has 128 valence electrons. The third-order valence-electron chi connectivity index (χ3n) is 4.85. The van der Waals surface area contributed by atoms with Gasteiger partial charge in [0, 0.05) is 30.7 Å². The van der Waals surface area contributed by atoms with Crippen LogP contribution in [-0.2, 0) is 10.0 Å². The van der Waals surface area contributed by atoms with Crippen molar-refractivity contribution in [2.45, 2.75) is 49.9 Å². The fourth-order valence-corrected chi connectivity index (χ4v) is 5.19. The molecule has 6 heteroatoms. The first-order valence-corrected chi connectivity index (χ1v) is 9.90. The number of methoxy groups -OCH3 is 1. The van der Waals surface area contributed by atoms with Gasteiger partial charge in [-0.15, -0.1) is 0 Å². The number of hydrogen-bond acceptors (Lipinski definition) is 4. The molecule has 0 amide bonds. The van der Waals surface area contributed by atoms with Crippen LogP contribution >= 0.6 is 0 Å². The highest BCUT2D eigenvalue weighted by molar-refractivity contribution is 7.90. The van der Waals surface area contributed by atoms with Crippen LogP contribution in [-0.4, -0.2) is 44.2 Å². The second-order valence-corrected chi connectivity index (χ2v) is 8.76. The molecule has 5 nitrogen and oxygen atoms in total. The van der Waals surface area contributed by atoms with Gasteiger partial charge in [0.15, 0.2) is 0 Å². The van der Waals surface area contributed by atoms with E-state index in [-0.39, 0.29) is 11.3 Å². The zero-order valence-corrected chi connectivity index (χ0v) is 14.7. The Bertz CT molecular complexity index is 635. The maximum atomic E-state index is 12.3. The molecule has 1 aliphatic heterocycles. The summed E-state index contributed by atoms with van der Waals surface area (Å²) < 4.78 is 31.7. The van der Waals surface area contributed by atoms with E-state index in [4.69, 9.17) is 4.74 Å². The lowest BCUT2D eigenvalue weighted by Crippen LogP contribution is -2.46. The Morgan fingerprint density at radius 1 is 1.17 bits per heavy atom. The van der Waals surface area contributed by atoms with E-state index in [9.17, 15) is 8.42 Å². The van der Waals surface area contributed by atoms with Crippen LogP contribution in [0.1, 0.15) is 44.2 Å². The molecule has 23 heavy (non-hydrogen) atoms. The van der Waals surface area contributed by atoms with E-state index in [1.807, 2.05) is 18.2 Å². The summed E-state index contributed by atoms with van der Waals surface area (Å²) >= 11 is 0. The molecule has 0 radical (unpaired) electrons. The quantitative estimate of drug-likeness (QED) is 0.865. The van der Waals surface area contributed by atoms with E-state index >= 15 is 0 Å². The van der Waals surface area contributed by atoms with Gasteiger partial charge in [-0.1, -0.05) is 18.2 Å². The number of para-hydroxylation sites is 1. The van der Waals surface area contributed by atoms with Gasteiger partial charge in [-0.3, -0.25) is 0 Å². The number of ether oxygens (including phenoxy) is 1. The Kier molecular flexibility index (Phi) is 4.94. The third kappa shape index (κ3) is 3.70. The van der Waals surface area contributed by atoms with Gasteiger partial charge in [0.1, 0.15) is 5.75 Å². The number of sulfonamides is 1. The predicted octanol–water partition coefficient (Wildman–Crippen LogP) is 2.30. The van der Waals surface area contributed by atoms with Gasteiger partial charge in [0.05, 0.1) is 12.4 Å². The van der Waals surface area contributed by atoms with Crippen LogP contribution in [0.4, 0.5) is 0 Å². The molecule has 2 aliphatic rings. The van der Waals surface area contributed by atoms with Gasteiger partial charge in [-0.05, 0) is 38.7 Å². The molecular formula is C17H26N2O3S. The largest absolute Gasteiger partial charge is 0.496 e. The average molecular weight is 338 g/mol. The highest BCUT2D eigenvalue weighted by atomic mass is 32.2. The molecule has 1 N–H and O–H groups in total. The number of hydrogen-bond donors (Lipinski definition) is 1. The van der Waals surface area contributed by atoms with Crippen molar-refractivity contribution in [3.63, 3.8) is 0 Å². The van der Waals surface area contributed by atoms with E-state index in [1.54, 1.807) is 11.4 Å². The minimum atomic E-state index is -3.02. The standard InChI is InChI=1S/C17H26N2O3S/c1-13(16-5-3-4-6-17(16)22-2)18-14-9-11-19(12-10-14)23(20,21)15-7-8-15/h3-6,13-15,18H,7-12H2,1-2H3. The third-order valence-corrected chi connectivity index (χ3v) is 7.25. The summed E-state index contributed by atoms with van der Waals surface area (Å²) in [7, 11) is -1.33. The van der Waals surface area contributed by atoms with E-state index in [0.29, 0.717) is 19.1 Å². The van der Waals surface area contributed by atoms with Crippen molar-refractivity contribution in [1.82, 2.24) is 9.62 Å². The molecule has 1 saturated carbocycles. The van der Waals surface area contributed by atoms with Crippen LogP contribution in [0.2, 0.25) is 0 Å². The van der Waals surface area contributed by atoms with E-state index in [1.165, 1.54) is 0 Å². The van der Waals surface area contributed by atoms with Crippen molar-refractivity contribution in [3.05, 3.63) is 29.8 Å². The van der Waals surface area contributed by atoms with Crippen molar-refractivity contribution < 1.29 is 13.2 Å². The summed E-state index contributed by atoms with van der Waals surface area (Å²) in [5, 5.41) is 3.53. The maximum absolute atomic E-state index is 12.3. The highest BCUT2D eigenvalue weighted by Crippen LogP contribution is 2.32. The second kappa shape index (κ2) is 6.79. The van der Waals surface area contributed by atoms with E-state index in [2.05, 4.69) is 18.3 Å². The first-order chi connectivity index (χ1) is 11.0. The summed E-state index contributed by atoms with van der Waals surface area (Å²) in [6.45, 7) is 3.40. The first-order valence-electron chi connectivity index (χ1n) is 8.40. The number of nitrogens with one attached hydrogen (secondary N) is 1. The number of piperidine rings is 1. The van der Waals surface area contributed by atoms with Crippen LogP contribution in [0.3, 0.4) is 0 Å². The second-order valence-electron chi connectivity index (χ2n) is 6.55. The fraction of sp³-hybridized carbons (Fsp3) is 0.647. The number of rotatable bonds is 6. The van der Waals surface area contributed by atoms with Gasteiger partial charge >= 0.3 is 0 Å². The molecular weight excluding hydrogens is 312 g/mol. The molecule has 0 bridgehead atoms. The van der Waals surface area contributed by atoms with Crippen molar-refractivity contribution in [1.29, 1.82) is 0 Å². The molecule has 1 saturated heterocycles. The normalized spacial score (nSPS) is 22.0. The monoisotopic (exact) mass is 338 g/mol. The van der Waals surface area contributed by atoms with Crippen LogP contribution in [0.25, 0.3) is 0 Å². The summed E-state index contributed by atoms with van der Waals surface area (Å²) in [4.78, 5) is 0. The zero-order valence-electron chi connectivity index (χ0n) is 13.9. The van der Waals surface area contributed by atoms with Gasteiger partial charge in [-0.2, -0.15) is 0 Å². The Morgan fingerprint density at radius 2 is 1.83 bits per heavy atom. The van der Waals surface area contributed by atoms with Crippen LogP contribution in [0.5, 0.6) is 5.75 Å². The molecule has 1 aromatic rings. The summed E-state index contributed by atoms with van der Waals surface area (Å²) in [5.41, 5.74) is 1.14.